The van der Waals surface area contributed by atoms with Crippen molar-refractivity contribution in [3.8, 4) is 0 Å². The Balaban J connectivity index is 1.62. The second-order valence-electron chi connectivity index (χ2n) is 7.86. The SMILES string of the molecule is O=C(Nc1ccc([N+](=O)[O-])c(NC(=O)NC2CCCCC2)c1)NC1CCCCC1. The molecule has 29 heavy (non-hydrogen) atoms. The molecule has 3 rings (SSSR count). The van der Waals surface area contributed by atoms with Gasteiger partial charge in [-0.25, -0.2) is 9.59 Å². The summed E-state index contributed by atoms with van der Waals surface area (Å²) in [6, 6.07) is 3.59. The Hall–Kier alpha value is -2.84. The van der Waals surface area contributed by atoms with Crippen LogP contribution in [-0.4, -0.2) is 29.1 Å². The first-order valence-corrected chi connectivity index (χ1v) is 10.4. The fraction of sp³-hybridized carbons (Fsp3) is 0.600. The molecule has 0 saturated heterocycles. The van der Waals surface area contributed by atoms with Crippen molar-refractivity contribution in [3.05, 3.63) is 28.3 Å². The van der Waals surface area contributed by atoms with E-state index in [1.165, 1.54) is 31.0 Å². The number of rotatable bonds is 5. The molecule has 0 bridgehead atoms. The number of benzene rings is 1. The monoisotopic (exact) mass is 403 g/mol. The highest BCUT2D eigenvalue weighted by Crippen LogP contribution is 2.28. The number of hydrogen-bond donors (Lipinski definition) is 4. The number of hydrogen-bond acceptors (Lipinski definition) is 4. The van der Waals surface area contributed by atoms with Crippen molar-refractivity contribution in [2.45, 2.75) is 76.3 Å². The number of nitro benzene ring substituents is 1. The first-order valence-electron chi connectivity index (χ1n) is 10.4. The Labute approximate surface area is 170 Å². The summed E-state index contributed by atoms with van der Waals surface area (Å²) in [4.78, 5) is 35.3. The second kappa shape index (κ2) is 10.1. The maximum absolute atomic E-state index is 12.3. The predicted molar refractivity (Wildman–Crippen MR) is 111 cm³/mol. The van der Waals surface area contributed by atoms with Crippen molar-refractivity contribution >= 4 is 29.1 Å². The van der Waals surface area contributed by atoms with Crippen LogP contribution in [0.3, 0.4) is 0 Å². The molecule has 9 nitrogen and oxygen atoms in total. The van der Waals surface area contributed by atoms with E-state index in [0.717, 1.165) is 51.4 Å². The Morgan fingerprint density at radius 1 is 0.828 bits per heavy atom. The highest BCUT2D eigenvalue weighted by atomic mass is 16.6. The third-order valence-corrected chi connectivity index (χ3v) is 5.58. The van der Waals surface area contributed by atoms with Crippen LogP contribution < -0.4 is 21.3 Å². The highest BCUT2D eigenvalue weighted by Gasteiger charge is 2.21. The molecule has 2 aliphatic carbocycles. The zero-order valence-electron chi connectivity index (χ0n) is 16.5. The number of urea groups is 2. The summed E-state index contributed by atoms with van der Waals surface area (Å²) in [5.74, 6) is 0. The van der Waals surface area contributed by atoms with Crippen LogP contribution in [0.25, 0.3) is 0 Å². The zero-order chi connectivity index (χ0) is 20.6. The number of carbonyl (C=O) groups excluding carboxylic acids is 2. The number of nitrogens with one attached hydrogen (secondary N) is 4. The normalized spacial score (nSPS) is 17.9. The second-order valence-corrected chi connectivity index (χ2v) is 7.86. The minimum absolute atomic E-state index is 0.0544. The molecule has 0 heterocycles. The maximum Gasteiger partial charge on any atom is 0.319 e. The molecule has 9 heteroatoms. The summed E-state index contributed by atoms with van der Waals surface area (Å²) >= 11 is 0. The van der Waals surface area contributed by atoms with Crippen molar-refractivity contribution in [1.82, 2.24) is 10.6 Å². The molecule has 1 aromatic rings. The van der Waals surface area contributed by atoms with Crippen molar-refractivity contribution in [1.29, 1.82) is 0 Å². The van der Waals surface area contributed by atoms with Gasteiger partial charge in [0.15, 0.2) is 0 Å². The van der Waals surface area contributed by atoms with Gasteiger partial charge < -0.3 is 21.3 Å². The van der Waals surface area contributed by atoms with Gasteiger partial charge in [-0.1, -0.05) is 38.5 Å². The third kappa shape index (κ3) is 6.33. The van der Waals surface area contributed by atoms with Gasteiger partial charge in [0.2, 0.25) is 0 Å². The van der Waals surface area contributed by atoms with Gasteiger partial charge in [0.1, 0.15) is 5.69 Å². The fourth-order valence-electron chi connectivity index (χ4n) is 4.06. The zero-order valence-corrected chi connectivity index (χ0v) is 16.5. The Morgan fingerprint density at radius 3 is 1.86 bits per heavy atom. The summed E-state index contributed by atoms with van der Waals surface area (Å²) in [6.07, 6.45) is 10.5. The molecule has 158 valence electrons. The molecule has 4 amide bonds. The molecule has 0 atom stereocenters. The van der Waals surface area contributed by atoms with E-state index in [-0.39, 0.29) is 29.5 Å². The number of nitro groups is 1. The Bertz CT molecular complexity index is 742. The molecule has 4 N–H and O–H groups in total. The van der Waals surface area contributed by atoms with E-state index in [1.807, 2.05) is 0 Å². The summed E-state index contributed by atoms with van der Waals surface area (Å²) in [5, 5.41) is 22.4. The summed E-state index contributed by atoms with van der Waals surface area (Å²) in [6.45, 7) is 0. The molecule has 0 spiro atoms. The van der Waals surface area contributed by atoms with Crippen LogP contribution in [0.1, 0.15) is 64.2 Å². The maximum atomic E-state index is 12.3. The highest BCUT2D eigenvalue weighted by molar-refractivity contribution is 5.95. The van der Waals surface area contributed by atoms with Crippen molar-refractivity contribution < 1.29 is 14.5 Å². The van der Waals surface area contributed by atoms with Crippen molar-refractivity contribution in [2.75, 3.05) is 10.6 Å². The first kappa shape index (κ1) is 20.9. The van der Waals surface area contributed by atoms with Crippen LogP contribution in [0.4, 0.5) is 26.7 Å². The van der Waals surface area contributed by atoms with Crippen molar-refractivity contribution in [3.63, 3.8) is 0 Å². The van der Waals surface area contributed by atoms with E-state index < -0.39 is 11.0 Å². The van der Waals surface area contributed by atoms with Crippen LogP contribution in [0, 0.1) is 10.1 Å². The van der Waals surface area contributed by atoms with Gasteiger partial charge in [0.05, 0.1) is 4.92 Å². The lowest BCUT2D eigenvalue weighted by Crippen LogP contribution is -2.39. The minimum Gasteiger partial charge on any atom is -0.335 e. The van der Waals surface area contributed by atoms with Gasteiger partial charge in [-0.15, -0.1) is 0 Å². The lowest BCUT2D eigenvalue weighted by molar-refractivity contribution is -0.383. The van der Waals surface area contributed by atoms with Gasteiger partial charge >= 0.3 is 12.1 Å². The van der Waals surface area contributed by atoms with Crippen LogP contribution in [-0.2, 0) is 0 Å². The molecule has 0 aromatic heterocycles. The molecule has 0 unspecified atom stereocenters. The van der Waals surface area contributed by atoms with E-state index in [2.05, 4.69) is 21.3 Å². The average molecular weight is 403 g/mol. The van der Waals surface area contributed by atoms with E-state index in [4.69, 9.17) is 0 Å². The van der Waals surface area contributed by atoms with E-state index in [0.29, 0.717) is 5.69 Å². The van der Waals surface area contributed by atoms with E-state index >= 15 is 0 Å². The summed E-state index contributed by atoms with van der Waals surface area (Å²) in [7, 11) is 0. The third-order valence-electron chi connectivity index (χ3n) is 5.58. The van der Waals surface area contributed by atoms with Gasteiger partial charge in [0, 0.05) is 23.8 Å². The Kier molecular flexibility index (Phi) is 7.26. The van der Waals surface area contributed by atoms with Crippen LogP contribution in [0.15, 0.2) is 18.2 Å². The lowest BCUT2D eigenvalue weighted by atomic mass is 9.96. The number of amides is 4. The number of nitrogens with zero attached hydrogens (tertiary/aromatic N) is 1. The van der Waals surface area contributed by atoms with Gasteiger partial charge in [-0.05, 0) is 37.8 Å². The predicted octanol–water partition coefficient (Wildman–Crippen LogP) is 4.50. The van der Waals surface area contributed by atoms with Gasteiger partial charge in [-0.3, -0.25) is 10.1 Å². The smallest absolute Gasteiger partial charge is 0.319 e. The van der Waals surface area contributed by atoms with Crippen LogP contribution >= 0.6 is 0 Å². The molecule has 2 aliphatic rings. The molecule has 2 fully saturated rings. The fourth-order valence-corrected chi connectivity index (χ4v) is 4.06. The van der Waals surface area contributed by atoms with Crippen LogP contribution in [0.5, 0.6) is 0 Å². The summed E-state index contributed by atoms with van der Waals surface area (Å²) in [5.41, 5.74) is 0.220. The molecular weight excluding hydrogens is 374 g/mol. The largest absolute Gasteiger partial charge is 0.335 e. The quantitative estimate of drug-likeness (QED) is 0.426. The van der Waals surface area contributed by atoms with E-state index in [1.54, 1.807) is 0 Å². The molecule has 0 aliphatic heterocycles. The van der Waals surface area contributed by atoms with Gasteiger partial charge in [-0.2, -0.15) is 0 Å². The first-order chi connectivity index (χ1) is 14.0. The molecule has 2 saturated carbocycles. The molecule has 0 radical (unpaired) electrons. The summed E-state index contributed by atoms with van der Waals surface area (Å²) < 4.78 is 0. The topological polar surface area (TPSA) is 125 Å². The van der Waals surface area contributed by atoms with Crippen LogP contribution in [0.2, 0.25) is 0 Å². The lowest BCUT2D eigenvalue weighted by Gasteiger charge is -2.23. The average Bonchev–Trinajstić information content (AvgIpc) is 2.69. The Morgan fingerprint density at radius 2 is 1.34 bits per heavy atom. The molecular formula is C20H29N5O4. The van der Waals surface area contributed by atoms with E-state index in [9.17, 15) is 19.7 Å². The van der Waals surface area contributed by atoms with Crippen molar-refractivity contribution in [2.24, 2.45) is 0 Å². The standard InChI is InChI=1S/C20H29N5O4/c26-19(21-14-7-3-1-4-8-14)23-16-11-12-18(25(28)29)17(13-16)24-20(27)22-15-9-5-2-6-10-15/h11-15H,1-10H2,(H2,21,23,26)(H2,22,24,27). The van der Waals surface area contributed by atoms with Gasteiger partial charge in [0.25, 0.3) is 5.69 Å². The molecule has 1 aromatic carbocycles. The number of anilines is 2. The number of carbonyl (C=O) groups is 2. The minimum atomic E-state index is -0.553.